The predicted molar refractivity (Wildman–Crippen MR) is 93.1 cm³/mol. The highest BCUT2D eigenvalue weighted by Gasteiger charge is 2.52. The number of hydrogen-bond acceptors (Lipinski definition) is 3. The Morgan fingerprint density at radius 3 is 2.50 bits per heavy atom. The van der Waals surface area contributed by atoms with Crippen LogP contribution in [0.1, 0.15) is 24.0 Å². The topological polar surface area (TPSA) is 55.4 Å². The first-order chi connectivity index (χ1) is 11.5. The zero-order chi connectivity index (χ0) is 17.2. The minimum absolute atomic E-state index is 0.307. The number of ether oxygens (including phenoxy) is 1. The molecule has 2 aromatic rings. The molecule has 1 aliphatic rings. The maximum atomic E-state index is 12.4. The van der Waals surface area contributed by atoms with Crippen molar-refractivity contribution in [3.63, 3.8) is 0 Å². The second-order valence-corrected chi connectivity index (χ2v) is 6.44. The minimum Gasteiger partial charge on any atom is -0.455 e. The summed E-state index contributed by atoms with van der Waals surface area (Å²) in [6, 6.07) is 14.8. The molecule has 1 aliphatic carbocycles. The monoisotopic (exact) mass is 343 g/mol. The van der Waals surface area contributed by atoms with E-state index >= 15 is 0 Å². The van der Waals surface area contributed by atoms with Gasteiger partial charge in [0, 0.05) is 10.7 Å². The third kappa shape index (κ3) is 3.44. The molecule has 0 spiro atoms. The van der Waals surface area contributed by atoms with Gasteiger partial charge in [0.1, 0.15) is 0 Å². The molecular formula is C19H18ClNO3. The van der Waals surface area contributed by atoms with Crippen LogP contribution in [-0.2, 0) is 19.7 Å². The van der Waals surface area contributed by atoms with Crippen LogP contribution in [0.4, 0.5) is 5.69 Å². The molecule has 0 atom stereocenters. The fourth-order valence-electron chi connectivity index (χ4n) is 2.63. The van der Waals surface area contributed by atoms with Crippen molar-refractivity contribution in [3.05, 3.63) is 64.7 Å². The second-order valence-electron chi connectivity index (χ2n) is 6.04. The Balaban J connectivity index is 1.56. The van der Waals surface area contributed by atoms with Crippen molar-refractivity contribution in [1.29, 1.82) is 0 Å². The number of aryl methyl sites for hydroxylation is 1. The number of carbonyl (C=O) groups is 2. The van der Waals surface area contributed by atoms with Crippen LogP contribution in [0.25, 0.3) is 0 Å². The van der Waals surface area contributed by atoms with E-state index in [-0.39, 0.29) is 18.5 Å². The molecule has 24 heavy (non-hydrogen) atoms. The number of anilines is 1. The van der Waals surface area contributed by atoms with Crippen LogP contribution >= 0.6 is 11.6 Å². The van der Waals surface area contributed by atoms with Crippen molar-refractivity contribution >= 4 is 29.2 Å². The lowest BCUT2D eigenvalue weighted by atomic mass is 9.96. The Morgan fingerprint density at radius 2 is 1.88 bits per heavy atom. The Morgan fingerprint density at radius 1 is 1.17 bits per heavy atom. The largest absolute Gasteiger partial charge is 0.455 e. The van der Waals surface area contributed by atoms with E-state index in [1.54, 1.807) is 12.1 Å². The van der Waals surface area contributed by atoms with Gasteiger partial charge in [0.05, 0.1) is 5.41 Å². The summed E-state index contributed by atoms with van der Waals surface area (Å²) in [5, 5.41) is 3.25. The van der Waals surface area contributed by atoms with E-state index < -0.39 is 5.41 Å². The Hall–Kier alpha value is -2.33. The van der Waals surface area contributed by atoms with Gasteiger partial charge >= 0.3 is 5.97 Å². The number of hydrogen-bond donors (Lipinski definition) is 1. The summed E-state index contributed by atoms with van der Waals surface area (Å²) in [5.41, 5.74) is 1.88. The molecule has 3 rings (SSSR count). The normalized spacial score (nSPS) is 14.8. The lowest BCUT2D eigenvalue weighted by Crippen LogP contribution is -2.28. The van der Waals surface area contributed by atoms with Crippen LogP contribution in [0.5, 0.6) is 0 Å². The molecule has 1 fully saturated rings. The number of rotatable bonds is 5. The molecule has 1 N–H and O–H groups in total. The van der Waals surface area contributed by atoms with Gasteiger partial charge in [-0.05, 0) is 43.0 Å². The van der Waals surface area contributed by atoms with Crippen molar-refractivity contribution in [2.75, 3.05) is 11.9 Å². The molecule has 0 aromatic heterocycles. The predicted octanol–water partition coefficient (Wildman–Crippen LogP) is 3.86. The zero-order valence-electron chi connectivity index (χ0n) is 13.3. The van der Waals surface area contributed by atoms with Crippen molar-refractivity contribution < 1.29 is 14.3 Å². The minimum atomic E-state index is -0.575. The van der Waals surface area contributed by atoms with Crippen LogP contribution in [0.3, 0.4) is 0 Å². The molecule has 1 saturated carbocycles. The van der Waals surface area contributed by atoms with Crippen LogP contribution in [0.15, 0.2) is 48.5 Å². The smallest absolute Gasteiger partial charge is 0.317 e. The van der Waals surface area contributed by atoms with Crippen LogP contribution in [-0.4, -0.2) is 18.5 Å². The van der Waals surface area contributed by atoms with Gasteiger partial charge in [-0.1, -0.05) is 48.0 Å². The lowest BCUT2D eigenvalue weighted by molar-refractivity contribution is -0.150. The summed E-state index contributed by atoms with van der Waals surface area (Å²) >= 11 is 6.02. The van der Waals surface area contributed by atoms with E-state index in [9.17, 15) is 9.59 Å². The molecule has 0 radical (unpaired) electrons. The van der Waals surface area contributed by atoms with Crippen molar-refractivity contribution in [2.45, 2.75) is 25.2 Å². The highest BCUT2D eigenvalue weighted by atomic mass is 35.5. The zero-order valence-corrected chi connectivity index (χ0v) is 14.1. The number of nitrogens with one attached hydrogen (secondary N) is 1. The maximum absolute atomic E-state index is 12.4. The van der Waals surface area contributed by atoms with Crippen molar-refractivity contribution in [2.24, 2.45) is 0 Å². The van der Waals surface area contributed by atoms with Crippen LogP contribution < -0.4 is 5.32 Å². The highest BCUT2D eigenvalue weighted by molar-refractivity contribution is 6.31. The van der Waals surface area contributed by atoms with Gasteiger partial charge in [-0.25, -0.2) is 0 Å². The molecule has 0 heterocycles. The molecule has 0 unspecified atom stereocenters. The molecule has 4 nitrogen and oxygen atoms in total. The van der Waals surface area contributed by atoms with Crippen LogP contribution in [0.2, 0.25) is 5.02 Å². The average molecular weight is 344 g/mol. The number of halogens is 1. The first-order valence-corrected chi connectivity index (χ1v) is 8.18. The molecule has 124 valence electrons. The number of amides is 1. The number of benzene rings is 2. The molecule has 5 heteroatoms. The first kappa shape index (κ1) is 16.5. The van der Waals surface area contributed by atoms with E-state index in [2.05, 4.69) is 5.32 Å². The van der Waals surface area contributed by atoms with Gasteiger partial charge in [-0.2, -0.15) is 0 Å². The lowest BCUT2D eigenvalue weighted by Gasteiger charge is -2.14. The Bertz CT molecular complexity index is 769. The summed E-state index contributed by atoms with van der Waals surface area (Å²) in [7, 11) is 0. The summed E-state index contributed by atoms with van der Waals surface area (Å²) < 4.78 is 5.23. The van der Waals surface area contributed by atoms with Gasteiger partial charge in [0.15, 0.2) is 6.61 Å². The third-order valence-electron chi connectivity index (χ3n) is 4.26. The number of carbonyl (C=O) groups excluding carboxylic acids is 2. The van der Waals surface area contributed by atoms with Gasteiger partial charge in [0.25, 0.3) is 5.91 Å². The summed E-state index contributed by atoms with van der Waals surface area (Å²) in [5.74, 6) is -0.724. The Labute approximate surface area is 145 Å². The molecule has 0 aliphatic heterocycles. The molecule has 0 bridgehead atoms. The van der Waals surface area contributed by atoms with Gasteiger partial charge in [-0.15, -0.1) is 0 Å². The molecular weight excluding hydrogens is 326 g/mol. The standard InChI is InChI=1S/C19H18ClNO3/c1-13-7-8-15(11-16(13)20)21-17(22)12-24-18(23)19(9-10-19)14-5-3-2-4-6-14/h2-8,11H,9-10,12H2,1H3,(H,21,22). The SMILES string of the molecule is Cc1ccc(NC(=O)COC(=O)C2(c3ccccc3)CC2)cc1Cl. The maximum Gasteiger partial charge on any atom is 0.317 e. The fraction of sp³-hybridized carbons (Fsp3) is 0.263. The quantitative estimate of drug-likeness (QED) is 0.839. The van der Waals surface area contributed by atoms with E-state index in [1.807, 2.05) is 43.3 Å². The van der Waals surface area contributed by atoms with E-state index in [1.165, 1.54) is 0 Å². The second kappa shape index (κ2) is 6.65. The summed E-state index contributed by atoms with van der Waals surface area (Å²) in [6.45, 7) is 1.58. The van der Waals surface area contributed by atoms with E-state index in [0.29, 0.717) is 10.7 Å². The first-order valence-electron chi connectivity index (χ1n) is 7.80. The van der Waals surface area contributed by atoms with E-state index in [0.717, 1.165) is 24.0 Å². The van der Waals surface area contributed by atoms with E-state index in [4.69, 9.17) is 16.3 Å². The van der Waals surface area contributed by atoms with Crippen molar-refractivity contribution in [3.8, 4) is 0 Å². The summed E-state index contributed by atoms with van der Waals surface area (Å²) in [4.78, 5) is 24.3. The van der Waals surface area contributed by atoms with Gasteiger partial charge in [0.2, 0.25) is 0 Å². The van der Waals surface area contributed by atoms with Crippen LogP contribution in [0, 0.1) is 6.92 Å². The fourth-order valence-corrected chi connectivity index (χ4v) is 2.81. The van der Waals surface area contributed by atoms with Crippen molar-refractivity contribution in [1.82, 2.24) is 0 Å². The molecule has 1 amide bonds. The van der Waals surface area contributed by atoms with Gasteiger partial charge in [-0.3, -0.25) is 9.59 Å². The Kier molecular flexibility index (Phi) is 4.58. The summed E-state index contributed by atoms with van der Waals surface area (Å²) in [6.07, 6.45) is 1.51. The molecule has 0 saturated heterocycles. The number of esters is 1. The molecule has 2 aromatic carbocycles. The van der Waals surface area contributed by atoms with Gasteiger partial charge < -0.3 is 10.1 Å². The highest BCUT2D eigenvalue weighted by Crippen LogP contribution is 2.49. The average Bonchev–Trinajstić information content (AvgIpc) is 3.39. The third-order valence-corrected chi connectivity index (χ3v) is 4.66.